The van der Waals surface area contributed by atoms with Crippen molar-refractivity contribution in [3.63, 3.8) is 0 Å². The third-order valence-corrected chi connectivity index (χ3v) is 4.69. The van der Waals surface area contributed by atoms with Gasteiger partial charge in [-0.3, -0.25) is 9.59 Å². The molecule has 0 saturated heterocycles. The second-order valence-corrected chi connectivity index (χ2v) is 6.67. The average Bonchev–Trinajstić information content (AvgIpc) is 2.58. The second-order valence-electron chi connectivity index (χ2n) is 6.67. The van der Waals surface area contributed by atoms with Crippen molar-refractivity contribution < 1.29 is 9.53 Å². The van der Waals surface area contributed by atoms with Crippen molar-refractivity contribution >= 4 is 5.91 Å². The Morgan fingerprint density at radius 3 is 2.64 bits per heavy atom. The maximum absolute atomic E-state index is 12.5. The van der Waals surface area contributed by atoms with Crippen molar-refractivity contribution in [3.05, 3.63) is 63.6 Å². The van der Waals surface area contributed by atoms with Gasteiger partial charge < -0.3 is 15.0 Å². The van der Waals surface area contributed by atoms with E-state index < -0.39 is 0 Å². The van der Waals surface area contributed by atoms with E-state index in [0.717, 1.165) is 42.7 Å². The van der Waals surface area contributed by atoms with Crippen LogP contribution in [0, 0.1) is 13.8 Å². The van der Waals surface area contributed by atoms with Gasteiger partial charge in [0.25, 0.3) is 11.5 Å². The fourth-order valence-electron chi connectivity index (χ4n) is 3.25. The Morgan fingerprint density at radius 1 is 1.12 bits per heavy atom. The lowest BCUT2D eigenvalue weighted by molar-refractivity contribution is 0.0795. The molecule has 1 saturated carbocycles. The lowest BCUT2D eigenvalue weighted by atomic mass is 9.92. The predicted molar refractivity (Wildman–Crippen MR) is 97.1 cm³/mol. The van der Waals surface area contributed by atoms with Gasteiger partial charge in [-0.15, -0.1) is 0 Å². The second kappa shape index (κ2) is 7.55. The van der Waals surface area contributed by atoms with E-state index in [2.05, 4.69) is 10.3 Å². The highest BCUT2D eigenvalue weighted by Crippen LogP contribution is 2.26. The molecule has 1 aromatic heterocycles. The molecule has 1 aliphatic carbocycles. The Kier molecular flexibility index (Phi) is 5.22. The zero-order valence-corrected chi connectivity index (χ0v) is 14.7. The molecular formula is C20H24N2O3. The molecule has 0 aliphatic heterocycles. The smallest absolute Gasteiger partial charge is 0.260 e. The zero-order chi connectivity index (χ0) is 17.8. The molecular weight excluding hydrogens is 316 g/mol. The van der Waals surface area contributed by atoms with Crippen molar-refractivity contribution in [2.45, 2.75) is 51.7 Å². The number of aryl methyl sites for hydroxylation is 2. The Morgan fingerprint density at radius 2 is 1.88 bits per heavy atom. The van der Waals surface area contributed by atoms with Crippen LogP contribution in [0.5, 0.6) is 5.75 Å². The molecule has 1 fully saturated rings. The Hall–Kier alpha value is -2.56. The molecule has 1 amide bonds. The van der Waals surface area contributed by atoms with Gasteiger partial charge in [0.15, 0.2) is 0 Å². The molecule has 2 unspecified atom stereocenters. The molecule has 3 rings (SSSR count). The number of pyridine rings is 1. The van der Waals surface area contributed by atoms with Crippen LogP contribution in [0.1, 0.15) is 47.3 Å². The minimum Gasteiger partial charge on any atom is -0.488 e. The van der Waals surface area contributed by atoms with Gasteiger partial charge in [-0.25, -0.2) is 0 Å². The van der Waals surface area contributed by atoms with Gasteiger partial charge in [-0.2, -0.15) is 0 Å². The van der Waals surface area contributed by atoms with Crippen LogP contribution in [-0.4, -0.2) is 23.0 Å². The third kappa shape index (κ3) is 4.10. The van der Waals surface area contributed by atoms with Crippen molar-refractivity contribution in [1.82, 2.24) is 10.3 Å². The number of nitrogens with one attached hydrogen (secondary N) is 2. The summed E-state index contributed by atoms with van der Waals surface area (Å²) in [6.45, 7) is 3.80. The summed E-state index contributed by atoms with van der Waals surface area (Å²) in [5.41, 5.74) is 1.60. The van der Waals surface area contributed by atoms with Crippen molar-refractivity contribution in [3.8, 4) is 5.75 Å². The van der Waals surface area contributed by atoms with Crippen LogP contribution in [0.3, 0.4) is 0 Å². The largest absolute Gasteiger partial charge is 0.488 e. The number of aromatic amines is 1. The van der Waals surface area contributed by atoms with E-state index in [-0.39, 0.29) is 29.2 Å². The number of amides is 1. The first-order chi connectivity index (χ1) is 12.0. The summed E-state index contributed by atoms with van der Waals surface area (Å²) in [5, 5.41) is 3.00. The topological polar surface area (TPSA) is 71.2 Å². The summed E-state index contributed by atoms with van der Waals surface area (Å²) in [5.74, 6) is 0.508. The number of benzene rings is 1. The molecule has 0 radical (unpaired) electrons. The fourth-order valence-corrected chi connectivity index (χ4v) is 3.25. The van der Waals surface area contributed by atoms with Gasteiger partial charge in [-0.05, 0) is 56.9 Å². The molecule has 0 bridgehead atoms. The van der Waals surface area contributed by atoms with E-state index >= 15 is 0 Å². The number of aromatic nitrogens is 1. The van der Waals surface area contributed by atoms with Crippen LogP contribution in [0.25, 0.3) is 0 Å². The van der Waals surface area contributed by atoms with E-state index in [4.69, 9.17) is 4.74 Å². The van der Waals surface area contributed by atoms with Gasteiger partial charge >= 0.3 is 0 Å². The van der Waals surface area contributed by atoms with E-state index in [1.807, 2.05) is 31.2 Å². The van der Waals surface area contributed by atoms with Crippen LogP contribution in [-0.2, 0) is 0 Å². The van der Waals surface area contributed by atoms with Crippen LogP contribution < -0.4 is 15.6 Å². The summed E-state index contributed by atoms with van der Waals surface area (Å²) in [6, 6.07) is 11.1. The van der Waals surface area contributed by atoms with E-state index in [1.54, 1.807) is 19.1 Å². The van der Waals surface area contributed by atoms with Crippen LogP contribution in [0.15, 0.2) is 41.2 Å². The highest BCUT2D eigenvalue weighted by atomic mass is 16.5. The molecule has 1 heterocycles. The number of ether oxygens (including phenoxy) is 1. The van der Waals surface area contributed by atoms with E-state index in [9.17, 15) is 9.59 Å². The molecule has 132 valence electrons. The molecule has 2 N–H and O–H groups in total. The summed E-state index contributed by atoms with van der Waals surface area (Å²) in [4.78, 5) is 27.2. The van der Waals surface area contributed by atoms with Gasteiger partial charge in [0.2, 0.25) is 0 Å². The molecule has 1 aliphatic rings. The molecule has 2 atom stereocenters. The SMILES string of the molecule is Cc1ccc(C(=O)NC2CCCCC2Oc2ccccc2C)c(=O)[nH]1. The van der Waals surface area contributed by atoms with Gasteiger partial charge in [0.05, 0.1) is 6.04 Å². The number of carbonyl (C=O) groups excluding carboxylic acids is 1. The van der Waals surface area contributed by atoms with Crippen LogP contribution >= 0.6 is 0 Å². The molecule has 25 heavy (non-hydrogen) atoms. The molecule has 0 spiro atoms. The Balaban J connectivity index is 1.73. The number of H-pyrrole nitrogens is 1. The van der Waals surface area contributed by atoms with E-state index in [1.165, 1.54) is 0 Å². The summed E-state index contributed by atoms with van der Waals surface area (Å²) < 4.78 is 6.18. The first kappa shape index (κ1) is 17.3. The minimum atomic E-state index is -0.357. The fraction of sp³-hybridized carbons (Fsp3) is 0.400. The van der Waals surface area contributed by atoms with Crippen molar-refractivity contribution in [1.29, 1.82) is 0 Å². The number of hydrogen-bond donors (Lipinski definition) is 2. The van der Waals surface area contributed by atoms with Crippen LogP contribution in [0.2, 0.25) is 0 Å². The van der Waals surface area contributed by atoms with E-state index in [0.29, 0.717) is 0 Å². The molecule has 5 heteroatoms. The van der Waals surface area contributed by atoms with Gasteiger partial charge in [0, 0.05) is 5.69 Å². The Labute approximate surface area is 147 Å². The summed E-state index contributed by atoms with van der Waals surface area (Å²) in [7, 11) is 0. The summed E-state index contributed by atoms with van der Waals surface area (Å²) in [6.07, 6.45) is 3.79. The number of carbonyl (C=O) groups is 1. The highest BCUT2D eigenvalue weighted by Gasteiger charge is 2.29. The molecule has 2 aromatic rings. The lowest BCUT2D eigenvalue weighted by Gasteiger charge is -2.32. The van der Waals surface area contributed by atoms with Gasteiger partial charge in [0.1, 0.15) is 17.4 Å². The number of para-hydroxylation sites is 1. The van der Waals surface area contributed by atoms with Crippen molar-refractivity contribution in [2.75, 3.05) is 0 Å². The predicted octanol–water partition coefficient (Wildman–Crippen LogP) is 3.11. The maximum atomic E-state index is 12.5. The molecule has 5 nitrogen and oxygen atoms in total. The monoisotopic (exact) mass is 340 g/mol. The number of rotatable bonds is 4. The highest BCUT2D eigenvalue weighted by molar-refractivity contribution is 5.94. The zero-order valence-electron chi connectivity index (χ0n) is 14.7. The third-order valence-electron chi connectivity index (χ3n) is 4.69. The quantitative estimate of drug-likeness (QED) is 0.898. The summed E-state index contributed by atoms with van der Waals surface area (Å²) >= 11 is 0. The lowest BCUT2D eigenvalue weighted by Crippen LogP contribution is -2.48. The maximum Gasteiger partial charge on any atom is 0.260 e. The average molecular weight is 340 g/mol. The normalized spacial score (nSPS) is 20.1. The first-order valence-electron chi connectivity index (χ1n) is 8.77. The molecule has 1 aromatic carbocycles. The van der Waals surface area contributed by atoms with Gasteiger partial charge in [-0.1, -0.05) is 24.6 Å². The minimum absolute atomic E-state index is 0.0803. The Bertz CT molecular complexity index is 813. The first-order valence-corrected chi connectivity index (χ1v) is 8.77. The number of hydrogen-bond acceptors (Lipinski definition) is 3. The standard InChI is InChI=1S/C20H24N2O3/c1-13-7-3-5-9-17(13)25-18-10-6-4-8-16(18)22-20(24)15-12-11-14(2)21-19(15)23/h3,5,7,9,11-12,16,18H,4,6,8,10H2,1-2H3,(H,21,23)(H,22,24). The van der Waals surface area contributed by atoms with Crippen LogP contribution in [0.4, 0.5) is 0 Å². The van der Waals surface area contributed by atoms with Crippen molar-refractivity contribution in [2.24, 2.45) is 0 Å².